The van der Waals surface area contributed by atoms with Crippen molar-refractivity contribution in [3.63, 3.8) is 0 Å². The number of unbranched alkanes of at least 4 members (excludes halogenated alkanes) is 40. The highest BCUT2D eigenvalue weighted by Gasteiger charge is 2.44. The highest BCUT2D eigenvalue weighted by atomic mass is 16.7. The Morgan fingerprint density at radius 1 is 0.462 bits per heavy atom. The van der Waals surface area contributed by atoms with Crippen LogP contribution in [0.2, 0.25) is 0 Å². The maximum Gasteiger partial charge on any atom is 0.305 e. The zero-order valence-corrected chi connectivity index (χ0v) is 50.6. The number of esters is 1. The highest BCUT2D eigenvalue weighted by Crippen LogP contribution is 2.23. The van der Waals surface area contributed by atoms with Crippen LogP contribution in [0.4, 0.5) is 0 Å². The number of carbonyl (C=O) groups is 2. The van der Waals surface area contributed by atoms with Crippen LogP contribution in [0.1, 0.15) is 316 Å². The van der Waals surface area contributed by atoms with Crippen molar-refractivity contribution in [2.24, 2.45) is 0 Å². The molecule has 78 heavy (non-hydrogen) atoms. The van der Waals surface area contributed by atoms with E-state index in [1.54, 1.807) is 6.08 Å². The van der Waals surface area contributed by atoms with Crippen LogP contribution in [0.15, 0.2) is 36.5 Å². The van der Waals surface area contributed by atoms with Gasteiger partial charge in [0.05, 0.1) is 32.0 Å². The normalized spacial score (nSPS) is 18.7. The first-order valence-corrected chi connectivity index (χ1v) is 33.3. The molecule has 6 N–H and O–H groups in total. The number of amides is 1. The Morgan fingerprint density at radius 3 is 1.27 bits per heavy atom. The summed E-state index contributed by atoms with van der Waals surface area (Å²) >= 11 is 0. The van der Waals surface area contributed by atoms with Crippen molar-refractivity contribution in [3.05, 3.63) is 36.5 Å². The third kappa shape index (κ3) is 45.5. The van der Waals surface area contributed by atoms with E-state index in [4.69, 9.17) is 14.2 Å². The van der Waals surface area contributed by atoms with Gasteiger partial charge in [-0.2, -0.15) is 0 Å². The Bertz CT molecular complexity index is 1390. The summed E-state index contributed by atoms with van der Waals surface area (Å²) in [6.45, 7) is 4.30. The van der Waals surface area contributed by atoms with Gasteiger partial charge in [-0.05, 0) is 77.0 Å². The van der Waals surface area contributed by atoms with E-state index >= 15 is 0 Å². The molecule has 1 amide bonds. The molecule has 0 spiro atoms. The van der Waals surface area contributed by atoms with E-state index in [1.807, 2.05) is 6.08 Å². The summed E-state index contributed by atoms with van der Waals surface area (Å²) in [5.41, 5.74) is 0. The first kappa shape index (κ1) is 73.9. The largest absolute Gasteiger partial charge is 0.466 e. The minimum absolute atomic E-state index is 0.00243. The maximum absolute atomic E-state index is 13.0. The number of rotatable bonds is 58. The molecule has 1 heterocycles. The summed E-state index contributed by atoms with van der Waals surface area (Å²) in [6.07, 6.45) is 61.4. The molecule has 7 unspecified atom stereocenters. The number of nitrogens with one attached hydrogen (secondary N) is 1. The lowest BCUT2D eigenvalue weighted by Crippen LogP contribution is -2.60. The molecule has 0 aromatic carbocycles. The van der Waals surface area contributed by atoms with Crippen molar-refractivity contribution in [2.45, 2.75) is 358 Å². The molecule has 11 nitrogen and oxygen atoms in total. The lowest BCUT2D eigenvalue weighted by atomic mass is 9.99. The van der Waals surface area contributed by atoms with Crippen LogP contribution < -0.4 is 5.32 Å². The van der Waals surface area contributed by atoms with Gasteiger partial charge in [0.1, 0.15) is 24.4 Å². The number of hydrogen-bond acceptors (Lipinski definition) is 10. The Kier molecular flexibility index (Phi) is 53.7. The van der Waals surface area contributed by atoms with Gasteiger partial charge < -0.3 is 45.1 Å². The second kappa shape index (κ2) is 56.7. The van der Waals surface area contributed by atoms with Gasteiger partial charge in [0.2, 0.25) is 5.91 Å². The van der Waals surface area contributed by atoms with Crippen LogP contribution in [-0.4, -0.2) is 100 Å². The first-order chi connectivity index (χ1) is 38.2. The third-order valence-corrected chi connectivity index (χ3v) is 15.7. The van der Waals surface area contributed by atoms with Crippen molar-refractivity contribution in [1.29, 1.82) is 0 Å². The van der Waals surface area contributed by atoms with Crippen LogP contribution in [0.3, 0.4) is 0 Å². The average Bonchev–Trinajstić information content (AvgIpc) is 3.45. The van der Waals surface area contributed by atoms with Crippen molar-refractivity contribution in [2.75, 3.05) is 19.8 Å². The van der Waals surface area contributed by atoms with E-state index in [9.17, 15) is 35.1 Å². The van der Waals surface area contributed by atoms with Gasteiger partial charge in [0.25, 0.3) is 0 Å². The number of ether oxygens (including phenoxy) is 3. The van der Waals surface area contributed by atoms with Crippen molar-refractivity contribution in [3.8, 4) is 0 Å². The fourth-order valence-corrected chi connectivity index (χ4v) is 10.4. The Labute approximate surface area is 479 Å². The first-order valence-electron chi connectivity index (χ1n) is 33.3. The molecule has 1 fully saturated rings. The third-order valence-electron chi connectivity index (χ3n) is 15.7. The Morgan fingerprint density at radius 2 is 0.833 bits per heavy atom. The van der Waals surface area contributed by atoms with E-state index in [1.165, 1.54) is 231 Å². The van der Waals surface area contributed by atoms with Crippen LogP contribution in [-0.2, 0) is 23.8 Å². The summed E-state index contributed by atoms with van der Waals surface area (Å²) in [7, 11) is 0. The van der Waals surface area contributed by atoms with E-state index in [0.717, 1.165) is 57.8 Å². The zero-order valence-electron chi connectivity index (χ0n) is 50.6. The molecule has 1 aliphatic heterocycles. The van der Waals surface area contributed by atoms with Crippen LogP contribution in [0.25, 0.3) is 0 Å². The second-order valence-electron chi connectivity index (χ2n) is 23.2. The van der Waals surface area contributed by atoms with E-state index in [0.29, 0.717) is 19.4 Å². The standard InChI is InChI=1S/C67H125NO10/c1-3-5-7-9-11-13-34-39-43-47-51-55-63(72)76-56-52-48-44-40-36-33-31-29-27-25-23-21-19-17-15-14-16-18-20-22-24-26-28-30-32-35-38-42-46-50-54-62(71)68-59(60(70)53-49-45-41-37-12-10-8-6-4-2)58-77-67-66(75)65(74)64(73)61(57-69)78-67/h9,11,15,17,49,53,59-61,64-67,69-70,73-75H,3-8,10,12-14,16,18-48,50-52,54-58H2,1-2H3,(H,68,71)/b11-9-,17-15-,53-49+. The molecule has 0 aromatic rings. The molecule has 0 radical (unpaired) electrons. The Hall–Kier alpha value is -2.12. The van der Waals surface area contributed by atoms with Gasteiger partial charge in [0, 0.05) is 12.8 Å². The summed E-state index contributed by atoms with van der Waals surface area (Å²) in [5.74, 6) is -0.184. The predicted octanol–water partition coefficient (Wildman–Crippen LogP) is 16.2. The predicted molar refractivity (Wildman–Crippen MR) is 324 cm³/mol. The molecule has 0 saturated carbocycles. The molecule has 1 aliphatic rings. The lowest BCUT2D eigenvalue weighted by Gasteiger charge is -2.40. The lowest BCUT2D eigenvalue weighted by molar-refractivity contribution is -0.302. The fourth-order valence-electron chi connectivity index (χ4n) is 10.4. The van der Waals surface area contributed by atoms with Crippen LogP contribution in [0.5, 0.6) is 0 Å². The van der Waals surface area contributed by atoms with Crippen molar-refractivity contribution >= 4 is 11.9 Å². The molecule has 458 valence electrons. The van der Waals surface area contributed by atoms with Gasteiger partial charge in [-0.25, -0.2) is 0 Å². The van der Waals surface area contributed by atoms with Gasteiger partial charge in [-0.15, -0.1) is 0 Å². The molecular formula is C67H125NO10. The molecule has 11 heteroatoms. The SMILES string of the molecule is CCCC/C=C\CCCCCCCC(=O)OCCCCCCCCCCCCCC/C=C\CCCCCCCCCCCCCCCCC(=O)NC(COC1OC(CO)C(O)C(O)C1O)C(O)/C=C/CCCCCCCCC. The molecule has 0 aromatic heterocycles. The topological polar surface area (TPSA) is 175 Å². The average molecular weight is 1100 g/mol. The molecule has 7 atom stereocenters. The van der Waals surface area contributed by atoms with E-state index in [2.05, 4.69) is 43.5 Å². The highest BCUT2D eigenvalue weighted by molar-refractivity contribution is 5.76. The van der Waals surface area contributed by atoms with Gasteiger partial charge in [-0.3, -0.25) is 9.59 Å². The van der Waals surface area contributed by atoms with E-state index < -0.39 is 49.5 Å². The summed E-state index contributed by atoms with van der Waals surface area (Å²) in [4.78, 5) is 25.0. The van der Waals surface area contributed by atoms with Crippen molar-refractivity contribution < 1.29 is 49.3 Å². The molecule has 1 saturated heterocycles. The number of hydrogen-bond donors (Lipinski definition) is 6. The number of aliphatic hydroxyl groups excluding tert-OH is 5. The van der Waals surface area contributed by atoms with Crippen LogP contribution >= 0.6 is 0 Å². The monoisotopic (exact) mass is 1100 g/mol. The van der Waals surface area contributed by atoms with E-state index in [-0.39, 0.29) is 18.5 Å². The number of aliphatic hydroxyl groups is 5. The Balaban J connectivity index is 1.94. The molecule has 0 bridgehead atoms. The number of allylic oxidation sites excluding steroid dienone is 5. The summed E-state index contributed by atoms with van der Waals surface area (Å²) in [5, 5.41) is 54.3. The molecule has 0 aliphatic carbocycles. The zero-order chi connectivity index (χ0) is 56.6. The quantitative estimate of drug-likeness (QED) is 0.0195. The van der Waals surface area contributed by atoms with Crippen molar-refractivity contribution in [1.82, 2.24) is 5.32 Å². The number of carbonyl (C=O) groups excluding carboxylic acids is 2. The van der Waals surface area contributed by atoms with Crippen LogP contribution in [0, 0.1) is 0 Å². The smallest absolute Gasteiger partial charge is 0.305 e. The summed E-state index contributed by atoms with van der Waals surface area (Å²) in [6, 6.07) is -0.807. The minimum Gasteiger partial charge on any atom is -0.466 e. The van der Waals surface area contributed by atoms with Gasteiger partial charge in [-0.1, -0.05) is 262 Å². The molecular weight excluding hydrogens is 979 g/mol. The van der Waals surface area contributed by atoms with Gasteiger partial charge in [0.15, 0.2) is 6.29 Å². The van der Waals surface area contributed by atoms with Gasteiger partial charge >= 0.3 is 5.97 Å². The second-order valence-corrected chi connectivity index (χ2v) is 23.2. The molecule has 1 rings (SSSR count). The maximum atomic E-state index is 13.0. The summed E-state index contributed by atoms with van der Waals surface area (Å²) < 4.78 is 16.7. The minimum atomic E-state index is -1.57. The fraction of sp³-hybridized carbons (Fsp3) is 0.881.